The normalized spacial score (nSPS) is 12.2. The molecule has 7 rings (SSSR count). The van der Waals surface area contributed by atoms with Crippen molar-refractivity contribution in [3.8, 4) is 17.9 Å². The van der Waals surface area contributed by atoms with Gasteiger partial charge in [0.1, 0.15) is 5.75 Å². The van der Waals surface area contributed by atoms with Gasteiger partial charge in [-0.3, -0.25) is 9.78 Å². The third-order valence-corrected chi connectivity index (χ3v) is 13.1. The zero-order chi connectivity index (χ0) is 61.3. The van der Waals surface area contributed by atoms with Crippen LogP contribution in [-0.2, 0) is 37.3 Å². The first-order valence-corrected chi connectivity index (χ1v) is 28.4. The molecule has 0 saturated heterocycles. The Balaban J connectivity index is 0.000000468. The first kappa shape index (κ1) is 71.3. The van der Waals surface area contributed by atoms with Crippen LogP contribution in [0.2, 0.25) is 0 Å². The predicted octanol–water partition coefficient (Wildman–Crippen LogP) is 20.5. The number of amides is 1. The number of carbonyl (C=O) groups excluding carboxylic acids is 1. The number of nitrogens with one attached hydrogen (secondary N) is 1. The number of hydrogen-bond donors (Lipinski definition) is 1. The highest BCUT2D eigenvalue weighted by molar-refractivity contribution is 5.88. The molecule has 0 spiro atoms. The molecule has 0 fully saturated rings. The Bertz CT molecular complexity index is 2880. The number of para-hydroxylation sites is 1. The Hall–Kier alpha value is -6.76. The topological polar surface area (TPSA) is 98.8 Å². The number of anilines is 1. The van der Waals surface area contributed by atoms with Gasteiger partial charge in [-0.2, -0.15) is 10.5 Å². The molecule has 0 bridgehead atoms. The van der Waals surface area contributed by atoms with E-state index in [4.69, 9.17) is 15.3 Å². The lowest BCUT2D eigenvalue weighted by Gasteiger charge is -2.21. The third-order valence-electron chi connectivity index (χ3n) is 13.1. The number of benzene rings is 5. The summed E-state index contributed by atoms with van der Waals surface area (Å²) in [5, 5.41) is 20.3. The van der Waals surface area contributed by atoms with E-state index >= 15 is 0 Å². The second-order valence-corrected chi connectivity index (χ2v) is 27.8. The number of aryl methyl sites for hydroxylation is 1. The van der Waals surface area contributed by atoms with Crippen LogP contribution in [0.25, 0.3) is 0 Å². The van der Waals surface area contributed by atoms with Crippen molar-refractivity contribution in [2.75, 3.05) is 12.4 Å². The van der Waals surface area contributed by atoms with E-state index in [1.54, 1.807) is 18.9 Å². The Labute approximate surface area is 488 Å². The molecule has 0 saturated carbocycles. The molecule has 0 radical (unpaired) electrons. The summed E-state index contributed by atoms with van der Waals surface area (Å²) in [4.78, 5) is 14.8. The van der Waals surface area contributed by atoms with Crippen molar-refractivity contribution < 1.29 is 9.53 Å². The standard InChI is InChI=1S/C12H17NO.2C11H13N.C11H16O.C11H16.C9H13N.C9H16/c1-9(14)13-11-7-5-10(6-8-11)12(2,3)4;1-11(2,3)10-6-4-5-9(7-10)8-12;1-11(2,3)10-7-5-4-6-9(10)8-12;1-11(2,3)9-7-5-6-8-10(9)12-4;1-9-6-5-7-10(8-9)11(2,3)4;1-9(2,3)8-5-4-6-10-7-8;1-9(2,3)8-6-4-5-7-8/h5-8H,1-4H3,(H,13,14);2*4-7H,1-3H3;5-8H,1-4H3;5-8H,1-4H3;4-7H,1-3H3;6H,4-5,7H2,1-3H3. The molecule has 0 atom stereocenters. The van der Waals surface area contributed by atoms with Crippen LogP contribution in [0.1, 0.15) is 222 Å². The van der Waals surface area contributed by atoms with E-state index < -0.39 is 0 Å². The van der Waals surface area contributed by atoms with Crippen molar-refractivity contribution in [3.05, 3.63) is 208 Å². The molecule has 1 aliphatic carbocycles. The van der Waals surface area contributed by atoms with Crippen LogP contribution >= 0.6 is 0 Å². The van der Waals surface area contributed by atoms with Crippen molar-refractivity contribution in [3.63, 3.8) is 0 Å². The molecule has 1 heterocycles. The lowest BCUT2D eigenvalue weighted by atomic mass is 9.84. The zero-order valence-corrected chi connectivity index (χ0v) is 54.2. The van der Waals surface area contributed by atoms with Gasteiger partial charge in [-0.1, -0.05) is 254 Å². The molecule has 5 aromatic carbocycles. The molecule has 6 heteroatoms. The van der Waals surface area contributed by atoms with Gasteiger partial charge in [0.25, 0.3) is 0 Å². The average molecular weight is 1080 g/mol. The van der Waals surface area contributed by atoms with E-state index in [0.29, 0.717) is 5.41 Å². The maximum atomic E-state index is 10.8. The maximum Gasteiger partial charge on any atom is 0.221 e. The van der Waals surface area contributed by atoms with Gasteiger partial charge in [0.2, 0.25) is 5.91 Å². The molecule has 1 amide bonds. The van der Waals surface area contributed by atoms with Gasteiger partial charge in [-0.25, -0.2) is 0 Å². The van der Waals surface area contributed by atoms with Gasteiger partial charge in [0.15, 0.2) is 0 Å². The van der Waals surface area contributed by atoms with Gasteiger partial charge in [-0.15, -0.1) is 0 Å². The van der Waals surface area contributed by atoms with E-state index in [1.807, 2.05) is 97.2 Å². The van der Waals surface area contributed by atoms with E-state index in [-0.39, 0.29) is 38.4 Å². The summed E-state index contributed by atoms with van der Waals surface area (Å²) in [6.07, 6.45) is 10.2. The maximum absolute atomic E-state index is 10.8. The molecule has 80 heavy (non-hydrogen) atoms. The van der Waals surface area contributed by atoms with Gasteiger partial charge in [-0.05, 0) is 140 Å². The van der Waals surface area contributed by atoms with E-state index in [2.05, 4.69) is 223 Å². The summed E-state index contributed by atoms with van der Waals surface area (Å²) in [6, 6.07) is 48.7. The molecule has 1 aliphatic rings. The molecule has 6 aromatic rings. The lowest BCUT2D eigenvalue weighted by Crippen LogP contribution is -2.12. The largest absolute Gasteiger partial charge is 0.496 e. The fourth-order valence-electron chi connectivity index (χ4n) is 8.08. The van der Waals surface area contributed by atoms with Crippen molar-refractivity contribution in [2.45, 2.75) is 211 Å². The van der Waals surface area contributed by atoms with Gasteiger partial charge >= 0.3 is 0 Å². The third kappa shape index (κ3) is 27.9. The van der Waals surface area contributed by atoms with E-state index in [1.165, 1.54) is 59.6 Å². The first-order chi connectivity index (χ1) is 36.7. The molecule has 0 aliphatic heterocycles. The van der Waals surface area contributed by atoms with Crippen molar-refractivity contribution in [2.24, 2.45) is 5.41 Å². The summed E-state index contributed by atoms with van der Waals surface area (Å²) in [5.74, 6) is 0.943. The van der Waals surface area contributed by atoms with Crippen LogP contribution in [0.15, 0.2) is 158 Å². The van der Waals surface area contributed by atoms with Crippen LogP contribution in [-0.4, -0.2) is 18.0 Å². The van der Waals surface area contributed by atoms with Crippen molar-refractivity contribution >= 4 is 11.6 Å². The monoisotopic (exact) mass is 1080 g/mol. The number of pyridine rings is 1. The van der Waals surface area contributed by atoms with Crippen LogP contribution in [0, 0.1) is 35.0 Å². The predicted molar refractivity (Wildman–Crippen MR) is 345 cm³/mol. The quantitative estimate of drug-likeness (QED) is 0.174. The van der Waals surface area contributed by atoms with Crippen LogP contribution in [0.5, 0.6) is 5.75 Å². The van der Waals surface area contributed by atoms with Gasteiger partial charge in [0.05, 0.1) is 30.4 Å². The summed E-state index contributed by atoms with van der Waals surface area (Å²) in [5.41, 5.74) is 14.4. The molecule has 432 valence electrons. The molecule has 1 aromatic heterocycles. The fourth-order valence-corrected chi connectivity index (χ4v) is 8.08. The van der Waals surface area contributed by atoms with Crippen LogP contribution in [0.3, 0.4) is 0 Å². The second kappa shape index (κ2) is 31.9. The number of hydrogen-bond acceptors (Lipinski definition) is 5. The van der Waals surface area contributed by atoms with E-state index in [0.717, 1.165) is 28.1 Å². The first-order valence-electron chi connectivity index (χ1n) is 28.4. The number of rotatable bonds is 2. The Morgan fingerprint density at radius 2 is 1.00 bits per heavy atom. The number of ether oxygens (including phenoxy) is 1. The van der Waals surface area contributed by atoms with Crippen LogP contribution in [0.4, 0.5) is 5.69 Å². The number of carbonyl (C=O) groups is 1. The molecule has 1 N–H and O–H groups in total. The van der Waals surface area contributed by atoms with E-state index in [9.17, 15) is 4.79 Å². The summed E-state index contributed by atoms with van der Waals surface area (Å²) >= 11 is 0. The SMILES string of the molecule is CC(=O)Nc1ccc(C(C)(C)C)cc1.CC(C)(C)C1=CCCC1.CC(C)(C)c1cccc(C#N)c1.CC(C)(C)c1ccccc1C#N.CC(C)(C)c1cccnc1.COc1ccccc1C(C)(C)C.Cc1cccc(C(C)(C)C)c1. The summed E-state index contributed by atoms with van der Waals surface area (Å²) in [7, 11) is 1.71. The Morgan fingerprint density at radius 3 is 1.35 bits per heavy atom. The van der Waals surface area contributed by atoms with Gasteiger partial charge in [0, 0.05) is 25.0 Å². The number of nitriles is 2. The zero-order valence-electron chi connectivity index (χ0n) is 54.2. The van der Waals surface area contributed by atoms with Crippen molar-refractivity contribution in [1.29, 1.82) is 10.5 Å². The minimum Gasteiger partial charge on any atom is -0.496 e. The molecule has 0 unspecified atom stereocenters. The highest BCUT2D eigenvalue weighted by Gasteiger charge is 2.20. The summed E-state index contributed by atoms with van der Waals surface area (Å²) in [6.45, 7) is 49.6. The minimum atomic E-state index is -0.0338. The highest BCUT2D eigenvalue weighted by Crippen LogP contribution is 2.34. The Morgan fingerprint density at radius 1 is 0.512 bits per heavy atom. The van der Waals surface area contributed by atoms with Crippen molar-refractivity contribution in [1.82, 2.24) is 4.98 Å². The molecule has 6 nitrogen and oxygen atoms in total. The fraction of sp³-hybridized carbons (Fsp3) is 0.459. The van der Waals surface area contributed by atoms with Crippen LogP contribution < -0.4 is 10.1 Å². The Kier molecular flexibility index (Phi) is 28.4. The number of aromatic nitrogens is 1. The van der Waals surface area contributed by atoms with Gasteiger partial charge < -0.3 is 10.1 Å². The number of methoxy groups -OCH3 is 1. The lowest BCUT2D eigenvalue weighted by molar-refractivity contribution is -0.114. The smallest absolute Gasteiger partial charge is 0.221 e. The second-order valence-electron chi connectivity index (χ2n) is 27.8. The summed E-state index contributed by atoms with van der Waals surface area (Å²) < 4.78 is 5.27. The highest BCUT2D eigenvalue weighted by atomic mass is 16.5. The number of nitrogens with zero attached hydrogens (tertiary/aromatic N) is 3. The molecular formula is C74H104N4O2. The molecular weight excluding hydrogens is 977 g/mol. The average Bonchev–Trinajstić information content (AvgIpc) is 3.93. The number of allylic oxidation sites excluding steroid dienone is 2. The minimum absolute atomic E-state index is 0.0338.